The molecule has 2 N–H and O–H groups in total. The van der Waals surface area contributed by atoms with Crippen LogP contribution in [0.4, 0.5) is 0 Å². The molecule has 0 atom stereocenters. The van der Waals surface area contributed by atoms with E-state index >= 15 is 0 Å². The van der Waals surface area contributed by atoms with E-state index in [-0.39, 0.29) is 5.75 Å². The highest BCUT2D eigenvalue weighted by Crippen LogP contribution is 2.33. The molecule has 5 nitrogen and oxygen atoms in total. The molecule has 3 rings (SSSR count). The van der Waals surface area contributed by atoms with Crippen molar-refractivity contribution in [3.8, 4) is 17.6 Å². The van der Waals surface area contributed by atoms with Gasteiger partial charge in [-0.2, -0.15) is 5.26 Å². The quantitative estimate of drug-likeness (QED) is 0.480. The molecule has 2 aromatic carbocycles. The fourth-order valence-corrected chi connectivity index (χ4v) is 3.03. The number of fused-ring (bicyclic) bond motifs is 1. The minimum absolute atomic E-state index is 0.0907. The number of rotatable bonds is 3. The summed E-state index contributed by atoms with van der Waals surface area (Å²) in [6.45, 7) is 2.01. The van der Waals surface area contributed by atoms with Crippen LogP contribution in [0.15, 0.2) is 30.3 Å². The molecular weight excluding hydrogens is 417 g/mol. The first kappa shape index (κ1) is 16.3. The first-order valence-corrected chi connectivity index (χ1v) is 8.24. The van der Waals surface area contributed by atoms with Crippen molar-refractivity contribution in [2.24, 2.45) is 0 Å². The standard InChI is InChI=1S/C18H14IN3O2/c1-10-3-4-14-15(5-10)22-18(21-14)12(9-20)6-11-7-13(19)17(23)16(8-11)24-2/h3-8,23H,1-2H3,(H,21,22)/b12-6+. The Kier molecular flexibility index (Phi) is 4.44. The molecule has 0 saturated carbocycles. The van der Waals surface area contributed by atoms with Gasteiger partial charge in [0.15, 0.2) is 11.5 Å². The number of nitrogens with one attached hydrogen (secondary N) is 1. The third kappa shape index (κ3) is 3.08. The Morgan fingerprint density at radius 1 is 1.38 bits per heavy atom. The third-order valence-electron chi connectivity index (χ3n) is 3.59. The lowest BCUT2D eigenvalue weighted by atomic mass is 10.1. The van der Waals surface area contributed by atoms with E-state index in [1.165, 1.54) is 7.11 Å². The molecule has 120 valence electrons. The van der Waals surface area contributed by atoms with Gasteiger partial charge in [-0.05, 0) is 71.0 Å². The lowest BCUT2D eigenvalue weighted by Crippen LogP contribution is -1.89. The van der Waals surface area contributed by atoms with Crippen LogP contribution >= 0.6 is 22.6 Å². The number of halogens is 1. The van der Waals surface area contributed by atoms with Crippen LogP contribution in [-0.2, 0) is 0 Å². The third-order valence-corrected chi connectivity index (χ3v) is 4.42. The molecule has 0 aliphatic carbocycles. The van der Waals surface area contributed by atoms with Gasteiger partial charge >= 0.3 is 0 Å². The number of phenolic OH excluding ortho intramolecular Hbond substituents is 1. The van der Waals surface area contributed by atoms with Gasteiger partial charge in [0.2, 0.25) is 0 Å². The lowest BCUT2D eigenvalue weighted by Gasteiger charge is -2.06. The Bertz CT molecular complexity index is 999. The summed E-state index contributed by atoms with van der Waals surface area (Å²) in [7, 11) is 1.49. The van der Waals surface area contributed by atoms with Crippen LogP contribution in [0.2, 0.25) is 0 Å². The molecule has 1 aromatic heterocycles. The fraction of sp³-hybridized carbons (Fsp3) is 0.111. The Balaban J connectivity index is 2.09. The van der Waals surface area contributed by atoms with E-state index in [4.69, 9.17) is 4.74 Å². The molecule has 24 heavy (non-hydrogen) atoms. The smallest absolute Gasteiger partial charge is 0.171 e. The van der Waals surface area contributed by atoms with E-state index in [1.807, 2.05) is 47.7 Å². The average molecular weight is 431 g/mol. The maximum absolute atomic E-state index is 9.91. The van der Waals surface area contributed by atoms with E-state index in [0.29, 0.717) is 20.7 Å². The van der Waals surface area contributed by atoms with Gasteiger partial charge in [0, 0.05) is 0 Å². The summed E-state index contributed by atoms with van der Waals surface area (Å²) in [6.07, 6.45) is 1.72. The van der Waals surface area contributed by atoms with Gasteiger partial charge in [-0.1, -0.05) is 6.07 Å². The zero-order valence-corrected chi connectivity index (χ0v) is 15.2. The molecule has 0 spiro atoms. The molecule has 0 radical (unpaired) electrons. The largest absolute Gasteiger partial charge is 0.504 e. The number of benzene rings is 2. The highest BCUT2D eigenvalue weighted by Gasteiger charge is 2.11. The molecule has 0 amide bonds. The van der Waals surface area contributed by atoms with Gasteiger partial charge in [0.05, 0.1) is 27.3 Å². The molecule has 1 heterocycles. The van der Waals surface area contributed by atoms with E-state index in [9.17, 15) is 10.4 Å². The van der Waals surface area contributed by atoms with Crippen LogP contribution in [0.25, 0.3) is 22.7 Å². The average Bonchev–Trinajstić information content (AvgIpc) is 2.98. The Morgan fingerprint density at radius 2 is 2.17 bits per heavy atom. The summed E-state index contributed by atoms with van der Waals surface area (Å²) in [4.78, 5) is 7.65. The summed E-state index contributed by atoms with van der Waals surface area (Å²) in [6, 6.07) is 11.5. The van der Waals surface area contributed by atoms with Crippen LogP contribution in [-0.4, -0.2) is 22.2 Å². The Labute approximate surface area is 152 Å². The highest BCUT2D eigenvalue weighted by atomic mass is 127. The SMILES string of the molecule is COc1cc(/C=C(\C#N)c2nc3ccc(C)cc3[nH]2)cc(I)c1O. The van der Waals surface area contributed by atoms with Gasteiger partial charge in [0.25, 0.3) is 0 Å². The second-order valence-corrected chi connectivity index (χ2v) is 6.49. The number of aromatic nitrogens is 2. The maximum atomic E-state index is 9.91. The van der Waals surface area contributed by atoms with Crippen molar-refractivity contribution in [1.29, 1.82) is 5.26 Å². The molecule has 0 aliphatic heterocycles. The fourth-order valence-electron chi connectivity index (χ4n) is 2.40. The predicted molar refractivity (Wildman–Crippen MR) is 102 cm³/mol. The second kappa shape index (κ2) is 6.53. The van der Waals surface area contributed by atoms with Crippen molar-refractivity contribution >= 4 is 45.3 Å². The molecule has 6 heteroatoms. The van der Waals surface area contributed by atoms with Crippen LogP contribution in [0, 0.1) is 21.8 Å². The number of nitriles is 1. The van der Waals surface area contributed by atoms with Crippen LogP contribution in [0.3, 0.4) is 0 Å². The predicted octanol–water partition coefficient (Wildman–Crippen LogP) is 4.25. The number of imidazole rings is 1. The van der Waals surface area contributed by atoms with Crippen LogP contribution in [0.5, 0.6) is 11.5 Å². The first-order valence-electron chi connectivity index (χ1n) is 7.17. The molecule has 0 bridgehead atoms. The number of hydrogen-bond acceptors (Lipinski definition) is 4. The van der Waals surface area contributed by atoms with Crippen molar-refractivity contribution in [3.05, 3.63) is 50.9 Å². The van der Waals surface area contributed by atoms with Gasteiger partial charge in [-0.3, -0.25) is 0 Å². The molecule has 0 unspecified atom stereocenters. The number of hydrogen-bond donors (Lipinski definition) is 2. The van der Waals surface area contributed by atoms with Gasteiger partial charge in [-0.15, -0.1) is 0 Å². The van der Waals surface area contributed by atoms with Gasteiger partial charge in [-0.25, -0.2) is 4.98 Å². The number of ether oxygens (including phenoxy) is 1. The number of allylic oxidation sites excluding steroid dienone is 1. The maximum Gasteiger partial charge on any atom is 0.171 e. The monoisotopic (exact) mass is 431 g/mol. The number of phenols is 1. The summed E-state index contributed by atoms with van der Waals surface area (Å²) >= 11 is 2.02. The number of methoxy groups -OCH3 is 1. The number of aromatic amines is 1. The zero-order chi connectivity index (χ0) is 17.3. The minimum atomic E-state index is 0.0907. The normalized spacial score (nSPS) is 11.5. The summed E-state index contributed by atoms with van der Waals surface area (Å²) in [5.41, 5.74) is 3.99. The molecule has 0 aliphatic rings. The van der Waals surface area contributed by atoms with Crippen molar-refractivity contribution in [2.75, 3.05) is 7.11 Å². The van der Waals surface area contributed by atoms with Gasteiger partial charge < -0.3 is 14.8 Å². The van der Waals surface area contributed by atoms with E-state index in [1.54, 1.807) is 18.2 Å². The number of nitrogens with zero attached hydrogens (tertiary/aromatic N) is 2. The van der Waals surface area contributed by atoms with Crippen molar-refractivity contribution in [1.82, 2.24) is 9.97 Å². The van der Waals surface area contributed by atoms with E-state index < -0.39 is 0 Å². The molecular formula is C18H14IN3O2. The number of H-pyrrole nitrogens is 1. The van der Waals surface area contributed by atoms with Gasteiger partial charge in [0.1, 0.15) is 11.9 Å². The van der Waals surface area contributed by atoms with E-state index in [0.717, 1.165) is 22.2 Å². The van der Waals surface area contributed by atoms with Crippen LogP contribution in [0.1, 0.15) is 17.0 Å². The van der Waals surface area contributed by atoms with Crippen molar-refractivity contribution in [3.63, 3.8) is 0 Å². The molecule has 0 fully saturated rings. The summed E-state index contributed by atoms with van der Waals surface area (Å²) < 4.78 is 5.81. The zero-order valence-electron chi connectivity index (χ0n) is 13.1. The Morgan fingerprint density at radius 3 is 2.88 bits per heavy atom. The highest BCUT2D eigenvalue weighted by molar-refractivity contribution is 14.1. The van der Waals surface area contributed by atoms with Crippen molar-refractivity contribution < 1.29 is 9.84 Å². The van der Waals surface area contributed by atoms with E-state index in [2.05, 4.69) is 16.0 Å². The summed E-state index contributed by atoms with van der Waals surface area (Å²) in [5.74, 6) is 0.971. The van der Waals surface area contributed by atoms with Crippen LogP contribution < -0.4 is 4.74 Å². The second-order valence-electron chi connectivity index (χ2n) is 5.33. The minimum Gasteiger partial charge on any atom is -0.504 e. The summed E-state index contributed by atoms with van der Waals surface area (Å²) in [5, 5.41) is 19.4. The number of aryl methyl sites for hydroxylation is 1. The molecule has 3 aromatic rings. The molecule has 0 saturated heterocycles. The number of aromatic hydroxyl groups is 1. The van der Waals surface area contributed by atoms with Crippen molar-refractivity contribution in [2.45, 2.75) is 6.92 Å². The lowest BCUT2D eigenvalue weighted by molar-refractivity contribution is 0.371. The Hall–Kier alpha value is -2.53. The first-order chi connectivity index (χ1) is 11.5. The topological polar surface area (TPSA) is 81.9 Å².